The first kappa shape index (κ1) is 28.9. The van der Waals surface area contributed by atoms with Gasteiger partial charge in [0.25, 0.3) is 0 Å². The molecule has 5 aliphatic carbocycles. The molecule has 1 saturated heterocycles. The van der Waals surface area contributed by atoms with Gasteiger partial charge in [-0.15, -0.1) is 0 Å². The van der Waals surface area contributed by atoms with Gasteiger partial charge in [-0.3, -0.25) is 19.2 Å². The molecule has 41 heavy (non-hydrogen) atoms. The van der Waals surface area contributed by atoms with Gasteiger partial charge in [0.2, 0.25) is 0 Å². The molecule has 1 N–H and O–H groups in total. The van der Waals surface area contributed by atoms with E-state index in [9.17, 15) is 19.2 Å². The first-order valence-corrected chi connectivity index (χ1v) is 15.8. The smallest absolute Gasteiger partial charge is 0.313 e. The average molecular weight is 569 g/mol. The van der Waals surface area contributed by atoms with E-state index in [2.05, 4.69) is 48.5 Å². The number of hydrogen-bond acceptors (Lipinski definition) is 6. The van der Waals surface area contributed by atoms with E-state index in [1.165, 1.54) is 5.57 Å². The lowest BCUT2D eigenvalue weighted by atomic mass is 9.33. The van der Waals surface area contributed by atoms with Gasteiger partial charge in [-0.25, -0.2) is 0 Å². The Morgan fingerprint density at radius 2 is 1.59 bits per heavy atom. The summed E-state index contributed by atoms with van der Waals surface area (Å²) >= 11 is 0. The molecule has 0 amide bonds. The van der Waals surface area contributed by atoms with Gasteiger partial charge in [-0.1, -0.05) is 54.0 Å². The molecule has 4 saturated carbocycles. The van der Waals surface area contributed by atoms with E-state index in [0.29, 0.717) is 6.42 Å². The molecule has 2 unspecified atom stereocenters. The van der Waals surface area contributed by atoms with E-state index >= 15 is 0 Å². The van der Waals surface area contributed by atoms with Crippen LogP contribution in [-0.4, -0.2) is 40.5 Å². The van der Waals surface area contributed by atoms with Crippen molar-refractivity contribution in [3.8, 4) is 0 Å². The Hall–Kier alpha value is -2.18. The summed E-state index contributed by atoms with van der Waals surface area (Å²) in [6, 6.07) is 0. The third-order valence-corrected chi connectivity index (χ3v) is 14.0. The summed E-state index contributed by atoms with van der Waals surface area (Å²) in [5.41, 5.74) is -1.77. The molecule has 7 heteroatoms. The Labute approximate surface area is 244 Å². The van der Waals surface area contributed by atoms with Crippen LogP contribution in [0.1, 0.15) is 119 Å². The van der Waals surface area contributed by atoms with Crippen molar-refractivity contribution in [1.29, 1.82) is 0 Å². The lowest BCUT2D eigenvalue weighted by Gasteiger charge is -2.70. The van der Waals surface area contributed by atoms with Crippen LogP contribution in [0.3, 0.4) is 0 Å². The number of ether oxygens (including phenoxy) is 2. The van der Waals surface area contributed by atoms with E-state index in [4.69, 9.17) is 14.6 Å². The molecule has 5 fully saturated rings. The molecule has 0 aromatic rings. The van der Waals surface area contributed by atoms with Crippen molar-refractivity contribution < 1.29 is 33.8 Å². The molecule has 1 heterocycles. The number of carbonyl (C=O) groups excluding carboxylic acids is 3. The zero-order valence-electron chi connectivity index (χ0n) is 26.0. The summed E-state index contributed by atoms with van der Waals surface area (Å²) in [5, 5.41) is 8.99. The van der Waals surface area contributed by atoms with Crippen LogP contribution in [0.25, 0.3) is 0 Å². The number of rotatable bonds is 4. The number of carboxylic acids is 1. The largest absolute Gasteiger partial charge is 0.481 e. The lowest BCUT2D eigenvalue weighted by molar-refractivity contribution is -0.214. The highest BCUT2D eigenvalue weighted by Gasteiger charge is 2.82. The quantitative estimate of drug-likeness (QED) is 0.390. The van der Waals surface area contributed by atoms with Gasteiger partial charge in [0.05, 0.1) is 18.3 Å². The molecule has 0 aromatic heterocycles. The fraction of sp³-hybridized carbons (Fsp3) is 0.824. The Balaban J connectivity index is 1.39. The van der Waals surface area contributed by atoms with Crippen LogP contribution >= 0.6 is 0 Å². The van der Waals surface area contributed by atoms with Gasteiger partial charge < -0.3 is 14.6 Å². The second-order valence-corrected chi connectivity index (χ2v) is 16.5. The van der Waals surface area contributed by atoms with E-state index in [1.807, 2.05) is 6.08 Å². The second-order valence-electron chi connectivity index (χ2n) is 16.5. The molecular weight excluding hydrogens is 520 g/mol. The molecule has 7 nitrogen and oxygen atoms in total. The zero-order chi connectivity index (χ0) is 30.0. The molecule has 1 spiro atoms. The molecule has 6 aliphatic rings. The highest BCUT2D eigenvalue weighted by atomic mass is 16.6. The minimum atomic E-state index is -1.10. The highest BCUT2D eigenvalue weighted by molar-refractivity contribution is 6.05. The monoisotopic (exact) mass is 568 g/mol. The summed E-state index contributed by atoms with van der Waals surface area (Å²) in [6.07, 6.45) is 8.74. The van der Waals surface area contributed by atoms with Crippen molar-refractivity contribution in [2.24, 2.45) is 44.3 Å². The van der Waals surface area contributed by atoms with E-state index in [1.54, 1.807) is 0 Å². The standard InChI is InChI=1S/C34H48O7/c1-28(2)14-16-33-17-15-32(7)31(6)13-10-20-29(3,4)24(40-26(38)9-8-25(36)37)11-12-30(20,5)21(31)18-23(35)34(32,22(33)19-28)41-27(33)39/h18,20,22,24H,8-17,19H2,1-7H3,(H,36,37)/t20-,22+,24-,30-,31+,32-,33?,34?/m0/s1. The maximum absolute atomic E-state index is 14.7. The SMILES string of the molecule is CC1(C)CCC23CC[C@]4(C)C(OC2=O)(C(=O)C=C2[C@@]5(C)CC[C@H](OC(=O)CCC(=O)O)C(C)(C)[C@@H]5CC[C@]24C)[C@@H]3C1. The van der Waals surface area contributed by atoms with Crippen molar-refractivity contribution >= 4 is 23.7 Å². The van der Waals surface area contributed by atoms with Crippen molar-refractivity contribution in [3.63, 3.8) is 0 Å². The van der Waals surface area contributed by atoms with Crippen LogP contribution in [0, 0.1) is 44.3 Å². The maximum Gasteiger partial charge on any atom is 0.313 e. The van der Waals surface area contributed by atoms with Gasteiger partial charge in [0.15, 0.2) is 11.4 Å². The number of ketones is 1. The molecule has 6 rings (SSSR count). The van der Waals surface area contributed by atoms with Crippen LogP contribution < -0.4 is 0 Å². The number of aliphatic carboxylic acids is 1. The Kier molecular flexibility index (Phi) is 5.97. The molecule has 8 atom stereocenters. The number of carboxylic acid groups (broad SMARTS) is 1. The molecular formula is C34H48O7. The average Bonchev–Trinajstić information content (AvgIpc) is 3.06. The summed E-state index contributed by atoms with van der Waals surface area (Å²) < 4.78 is 12.4. The summed E-state index contributed by atoms with van der Waals surface area (Å²) in [4.78, 5) is 51.9. The van der Waals surface area contributed by atoms with E-state index in [-0.39, 0.29) is 64.2 Å². The lowest BCUT2D eigenvalue weighted by Crippen LogP contribution is -2.71. The number of esters is 2. The van der Waals surface area contributed by atoms with Gasteiger partial charge in [0.1, 0.15) is 6.10 Å². The Morgan fingerprint density at radius 1 is 0.902 bits per heavy atom. The number of allylic oxidation sites excluding steroid dienone is 1. The van der Waals surface area contributed by atoms with Gasteiger partial charge >= 0.3 is 17.9 Å². The third kappa shape index (κ3) is 3.44. The highest BCUT2D eigenvalue weighted by Crippen LogP contribution is 2.79. The molecule has 2 bridgehead atoms. The van der Waals surface area contributed by atoms with Crippen LogP contribution in [-0.2, 0) is 28.7 Å². The minimum absolute atomic E-state index is 0.00740. The van der Waals surface area contributed by atoms with Crippen molar-refractivity contribution in [1.82, 2.24) is 0 Å². The molecule has 0 radical (unpaired) electrons. The second kappa shape index (κ2) is 8.47. The number of fused-ring (bicyclic) bond motifs is 4. The molecule has 226 valence electrons. The summed E-state index contributed by atoms with van der Waals surface area (Å²) in [5.74, 6) is -1.51. The summed E-state index contributed by atoms with van der Waals surface area (Å²) in [6.45, 7) is 15.8. The fourth-order valence-electron chi connectivity index (χ4n) is 11.4. The van der Waals surface area contributed by atoms with E-state index in [0.717, 1.165) is 51.4 Å². The first-order valence-electron chi connectivity index (χ1n) is 15.8. The first-order chi connectivity index (χ1) is 18.9. The van der Waals surface area contributed by atoms with Gasteiger partial charge in [-0.05, 0) is 86.0 Å². The van der Waals surface area contributed by atoms with Crippen LogP contribution in [0.2, 0.25) is 0 Å². The molecule has 1 aliphatic heterocycles. The predicted molar refractivity (Wildman–Crippen MR) is 152 cm³/mol. The summed E-state index contributed by atoms with van der Waals surface area (Å²) in [7, 11) is 0. The van der Waals surface area contributed by atoms with Crippen molar-refractivity contribution in [3.05, 3.63) is 11.6 Å². The maximum atomic E-state index is 14.7. The Bertz CT molecular complexity index is 1260. The normalized spacial score (nSPS) is 47.1. The van der Waals surface area contributed by atoms with Crippen LogP contribution in [0.5, 0.6) is 0 Å². The third-order valence-electron chi connectivity index (χ3n) is 14.0. The van der Waals surface area contributed by atoms with Crippen LogP contribution in [0.15, 0.2) is 11.6 Å². The van der Waals surface area contributed by atoms with Crippen molar-refractivity contribution in [2.75, 3.05) is 0 Å². The number of carbonyl (C=O) groups is 4. The fourth-order valence-corrected chi connectivity index (χ4v) is 11.4. The van der Waals surface area contributed by atoms with Gasteiger partial charge in [0, 0.05) is 16.7 Å². The van der Waals surface area contributed by atoms with Crippen LogP contribution in [0.4, 0.5) is 0 Å². The van der Waals surface area contributed by atoms with Gasteiger partial charge in [-0.2, -0.15) is 0 Å². The van der Waals surface area contributed by atoms with E-state index < -0.39 is 28.4 Å². The van der Waals surface area contributed by atoms with Crippen molar-refractivity contribution in [2.45, 2.75) is 131 Å². The Morgan fingerprint density at radius 3 is 2.27 bits per heavy atom. The molecule has 0 aromatic carbocycles. The number of hydrogen-bond donors (Lipinski definition) is 1. The minimum Gasteiger partial charge on any atom is -0.481 e. The predicted octanol–water partition coefficient (Wildman–Crippen LogP) is 6.42. The topological polar surface area (TPSA) is 107 Å². The zero-order valence-corrected chi connectivity index (χ0v) is 26.0.